The fourth-order valence-electron chi connectivity index (χ4n) is 4.25. The first kappa shape index (κ1) is 38.4. The van der Waals surface area contributed by atoms with Crippen molar-refractivity contribution < 1.29 is 0 Å². The Morgan fingerprint density at radius 2 is 0.415 bits per heavy atom. The number of hydrogen-bond donors (Lipinski definition) is 0. The van der Waals surface area contributed by atoms with Gasteiger partial charge in [-0.1, -0.05) is 0 Å². The maximum absolute atomic E-state index is 3.98. The molecule has 0 bridgehead atoms. The highest BCUT2D eigenvalue weighted by molar-refractivity contribution is 9.17. The Morgan fingerprint density at radius 3 is 0.585 bits per heavy atom. The zero-order valence-corrected chi connectivity index (χ0v) is 44.2. The van der Waals surface area contributed by atoms with E-state index in [1.807, 2.05) is 0 Å². The Hall–Kier alpha value is 4.56. The Kier molecular flexibility index (Phi) is 14.2. The number of hydrogen-bond acceptors (Lipinski definition) is 0. The van der Waals surface area contributed by atoms with Crippen molar-refractivity contribution in [1.82, 2.24) is 0 Å². The molecule has 0 N–H and O–H groups in total. The van der Waals surface area contributed by atoms with E-state index in [1.165, 1.54) is 0 Å². The predicted octanol–water partition coefficient (Wildman–Crippen LogP) is 18.3. The van der Waals surface area contributed by atoms with Gasteiger partial charge in [0, 0.05) is 71.6 Å². The SMILES string of the molecule is Brc1cc(C(c2cc(Br)c(Br)c(Br)c2Br)(c2cc(Br)c(Br)c(Br)c2Br)c2cc(Br)c(Br)c(Br)c2Br)c(Br)c(Br)c1Br. The smallest absolute Gasteiger partial charge is 0.0496 e. The summed E-state index contributed by atoms with van der Waals surface area (Å²) >= 11 is 61.4. The van der Waals surface area contributed by atoms with E-state index in [0.29, 0.717) is 0 Å². The van der Waals surface area contributed by atoms with Crippen LogP contribution < -0.4 is 0 Å². The standard InChI is InChI=1S/C25H4Br16/c26-9-1-5(13(30)21(38)17(9)34)25(6-2-10(27)18(35)22(39)14(6)31,7-3-11(28)19(36)23(40)15(7)32)8-4-12(29)20(37)24(41)16(8)33/h1-4H. The highest BCUT2D eigenvalue weighted by Gasteiger charge is 2.47. The first-order valence-corrected chi connectivity index (χ1v) is 23.0. The Balaban J connectivity index is 2.51. The summed E-state index contributed by atoms with van der Waals surface area (Å²) in [6, 6.07) is 8.51. The van der Waals surface area contributed by atoms with Gasteiger partial charge < -0.3 is 0 Å². The minimum Gasteiger partial charge on any atom is -0.0496 e. The third-order valence-corrected chi connectivity index (χ3v) is 24.7. The summed E-state index contributed by atoms with van der Waals surface area (Å²) in [7, 11) is 0. The average Bonchev–Trinajstić information content (AvgIpc) is 2.94. The quantitative estimate of drug-likeness (QED) is 0.109. The van der Waals surface area contributed by atoms with Crippen LogP contribution in [0.1, 0.15) is 22.3 Å². The molecule has 0 aliphatic carbocycles. The van der Waals surface area contributed by atoms with Crippen LogP contribution in [0.15, 0.2) is 95.8 Å². The summed E-state index contributed by atoms with van der Waals surface area (Å²) in [5.41, 5.74) is 2.81. The van der Waals surface area contributed by atoms with E-state index in [0.717, 1.165) is 93.8 Å². The molecule has 16 heteroatoms. The van der Waals surface area contributed by atoms with Crippen molar-refractivity contribution in [2.75, 3.05) is 0 Å². The lowest BCUT2D eigenvalue weighted by atomic mass is 9.65. The first-order valence-electron chi connectivity index (χ1n) is 10.3. The molecule has 0 aliphatic rings. The van der Waals surface area contributed by atoms with Crippen molar-refractivity contribution in [3.8, 4) is 0 Å². The highest BCUT2D eigenvalue weighted by Crippen LogP contribution is 2.60. The van der Waals surface area contributed by atoms with Crippen molar-refractivity contribution >= 4 is 255 Å². The fraction of sp³-hybridized carbons (Fsp3) is 0.0400. The summed E-state index contributed by atoms with van der Waals surface area (Å²) in [6.07, 6.45) is 0. The van der Waals surface area contributed by atoms with Crippen LogP contribution in [0, 0.1) is 0 Å². The summed E-state index contributed by atoms with van der Waals surface area (Å²) in [4.78, 5) is 0. The molecule has 0 fully saturated rings. The molecule has 216 valence electrons. The molecule has 0 unspecified atom stereocenters. The molecule has 4 rings (SSSR count). The van der Waals surface area contributed by atoms with Gasteiger partial charge in [0.05, 0.1) is 5.41 Å². The molecule has 0 nitrogen and oxygen atoms in total. The van der Waals surface area contributed by atoms with Gasteiger partial charge >= 0.3 is 0 Å². The molecule has 0 heterocycles. The Labute approximate surface area is 371 Å². The molecular weight excluding hydrogens is 1580 g/mol. The van der Waals surface area contributed by atoms with Crippen molar-refractivity contribution in [1.29, 1.82) is 0 Å². The lowest BCUT2D eigenvalue weighted by molar-refractivity contribution is 0.721. The average molecular weight is 1580 g/mol. The first-order chi connectivity index (χ1) is 19.0. The maximum atomic E-state index is 3.98. The number of rotatable bonds is 4. The molecule has 0 radical (unpaired) electrons. The van der Waals surface area contributed by atoms with Gasteiger partial charge in [-0.25, -0.2) is 0 Å². The zero-order valence-electron chi connectivity index (χ0n) is 18.9. The van der Waals surface area contributed by atoms with E-state index in [4.69, 9.17) is 0 Å². The van der Waals surface area contributed by atoms with Crippen LogP contribution in [0.2, 0.25) is 0 Å². The van der Waals surface area contributed by atoms with E-state index < -0.39 is 5.41 Å². The van der Waals surface area contributed by atoms with Crippen LogP contribution >= 0.6 is 255 Å². The molecule has 0 atom stereocenters. The molecule has 41 heavy (non-hydrogen) atoms. The number of halogens is 16. The normalized spacial score (nSPS) is 11.9. The topological polar surface area (TPSA) is 0 Å². The van der Waals surface area contributed by atoms with Crippen molar-refractivity contribution in [3.63, 3.8) is 0 Å². The van der Waals surface area contributed by atoms with Crippen LogP contribution in [-0.4, -0.2) is 0 Å². The Morgan fingerprint density at radius 1 is 0.244 bits per heavy atom. The summed E-state index contributed by atoms with van der Waals surface area (Å²) in [5.74, 6) is 0. The maximum Gasteiger partial charge on any atom is 0.0748 e. The molecule has 0 spiro atoms. The molecule has 0 saturated carbocycles. The fourth-order valence-corrected chi connectivity index (χ4v) is 13.5. The molecule has 4 aromatic carbocycles. The lowest BCUT2D eigenvalue weighted by Gasteiger charge is -2.41. The van der Waals surface area contributed by atoms with E-state index in [-0.39, 0.29) is 0 Å². The van der Waals surface area contributed by atoms with Crippen LogP contribution in [0.5, 0.6) is 0 Å². The van der Waals surface area contributed by atoms with E-state index in [2.05, 4.69) is 279 Å². The van der Waals surface area contributed by atoms with Crippen molar-refractivity contribution in [2.24, 2.45) is 0 Å². The van der Waals surface area contributed by atoms with Crippen LogP contribution in [0.3, 0.4) is 0 Å². The monoisotopic (exact) mass is 1570 g/mol. The van der Waals surface area contributed by atoms with Gasteiger partial charge in [-0.15, -0.1) is 0 Å². The van der Waals surface area contributed by atoms with Crippen molar-refractivity contribution in [3.05, 3.63) is 118 Å². The second-order valence-electron chi connectivity index (χ2n) is 8.14. The lowest BCUT2D eigenvalue weighted by Crippen LogP contribution is -2.34. The third-order valence-electron chi connectivity index (χ3n) is 6.03. The molecule has 0 aliphatic heterocycles. The highest BCUT2D eigenvalue weighted by atomic mass is 79.9. The largest absolute Gasteiger partial charge is 0.0748 e. The minimum atomic E-state index is -0.982. The van der Waals surface area contributed by atoms with Gasteiger partial charge in [0.15, 0.2) is 0 Å². The Bertz CT molecular complexity index is 1500. The van der Waals surface area contributed by atoms with Crippen LogP contribution in [0.25, 0.3) is 0 Å². The van der Waals surface area contributed by atoms with Gasteiger partial charge in [-0.3, -0.25) is 0 Å². The number of benzene rings is 4. The summed E-state index contributed by atoms with van der Waals surface area (Å²) in [5, 5.41) is 0. The van der Waals surface area contributed by atoms with Gasteiger partial charge in [-0.2, -0.15) is 0 Å². The molecule has 0 aromatic heterocycles. The van der Waals surface area contributed by atoms with E-state index in [1.54, 1.807) is 0 Å². The second-order valence-corrected chi connectivity index (χ2v) is 21.1. The molecule has 0 amide bonds. The minimum absolute atomic E-state index is 0.857. The van der Waals surface area contributed by atoms with Crippen LogP contribution in [-0.2, 0) is 5.41 Å². The van der Waals surface area contributed by atoms with Crippen LogP contribution in [0.4, 0.5) is 0 Å². The molecular formula is C25H4Br16. The third kappa shape index (κ3) is 6.85. The van der Waals surface area contributed by atoms with Gasteiger partial charge in [0.2, 0.25) is 0 Å². The van der Waals surface area contributed by atoms with Gasteiger partial charge in [-0.05, 0) is 301 Å². The predicted molar refractivity (Wildman–Crippen MR) is 228 cm³/mol. The zero-order chi connectivity index (χ0) is 30.9. The van der Waals surface area contributed by atoms with Crippen molar-refractivity contribution in [2.45, 2.75) is 5.41 Å². The molecule has 0 saturated heterocycles. The summed E-state index contributed by atoms with van der Waals surface area (Å²) < 4.78 is 13.9. The molecule has 4 aromatic rings. The van der Waals surface area contributed by atoms with E-state index >= 15 is 0 Å². The van der Waals surface area contributed by atoms with Gasteiger partial charge in [0.1, 0.15) is 0 Å². The second kappa shape index (κ2) is 15.2. The van der Waals surface area contributed by atoms with E-state index in [9.17, 15) is 0 Å². The van der Waals surface area contributed by atoms with Gasteiger partial charge in [0.25, 0.3) is 0 Å². The summed E-state index contributed by atoms with van der Waals surface area (Å²) in [6.45, 7) is 0.